The van der Waals surface area contributed by atoms with Crippen LogP contribution in [0.3, 0.4) is 0 Å². The smallest absolute Gasteiger partial charge is 0.123 e. The van der Waals surface area contributed by atoms with Gasteiger partial charge in [0.05, 0.1) is 12.6 Å². The van der Waals surface area contributed by atoms with Crippen molar-refractivity contribution < 1.29 is 9.13 Å². The number of hydrogen-bond donors (Lipinski definition) is 1. The first-order valence-electron chi connectivity index (χ1n) is 6.60. The minimum absolute atomic E-state index is 0.187. The molecule has 2 rings (SSSR count). The summed E-state index contributed by atoms with van der Waals surface area (Å²) in [5.74, 6) is 0.848. The highest BCUT2D eigenvalue weighted by atomic mass is 19.1. The van der Waals surface area contributed by atoms with Gasteiger partial charge in [-0.15, -0.1) is 0 Å². The Labute approximate surface area is 108 Å². The van der Waals surface area contributed by atoms with E-state index < -0.39 is 0 Å². The van der Waals surface area contributed by atoms with Gasteiger partial charge in [0.15, 0.2) is 0 Å². The number of hydrogen-bond acceptors (Lipinski definition) is 2. The van der Waals surface area contributed by atoms with Gasteiger partial charge in [-0.05, 0) is 43.2 Å². The fraction of sp³-hybridized carbons (Fsp3) is 0.467. The summed E-state index contributed by atoms with van der Waals surface area (Å²) < 4.78 is 18.5. The molecule has 18 heavy (non-hydrogen) atoms. The monoisotopic (exact) mass is 249 g/mol. The molecule has 0 fully saturated rings. The van der Waals surface area contributed by atoms with Crippen molar-refractivity contribution in [3.8, 4) is 0 Å². The summed E-state index contributed by atoms with van der Waals surface area (Å²) in [4.78, 5) is 0. The lowest BCUT2D eigenvalue weighted by atomic mass is 10.0. The molecule has 1 atom stereocenters. The van der Waals surface area contributed by atoms with E-state index in [4.69, 9.17) is 4.74 Å². The summed E-state index contributed by atoms with van der Waals surface area (Å²) >= 11 is 0. The van der Waals surface area contributed by atoms with Crippen LogP contribution in [0, 0.1) is 5.82 Å². The summed E-state index contributed by atoms with van der Waals surface area (Å²) in [7, 11) is 0. The van der Waals surface area contributed by atoms with Crippen LogP contribution < -0.4 is 5.32 Å². The molecule has 0 spiro atoms. The van der Waals surface area contributed by atoms with Gasteiger partial charge in [0.25, 0.3) is 0 Å². The maximum Gasteiger partial charge on any atom is 0.123 e. The Morgan fingerprint density at radius 2 is 2.11 bits per heavy atom. The Kier molecular flexibility index (Phi) is 4.76. The molecule has 1 aromatic carbocycles. The Hall–Kier alpha value is -1.35. The van der Waals surface area contributed by atoms with Crippen molar-refractivity contribution in [1.29, 1.82) is 0 Å². The van der Waals surface area contributed by atoms with E-state index in [-0.39, 0.29) is 11.9 Å². The van der Waals surface area contributed by atoms with Gasteiger partial charge in [-0.3, -0.25) is 0 Å². The van der Waals surface area contributed by atoms with Crippen molar-refractivity contribution in [2.45, 2.75) is 32.2 Å². The molecule has 1 heterocycles. The van der Waals surface area contributed by atoms with Crippen molar-refractivity contribution in [2.24, 2.45) is 0 Å². The molecule has 1 aromatic rings. The van der Waals surface area contributed by atoms with Crippen LogP contribution in [0.15, 0.2) is 36.1 Å². The van der Waals surface area contributed by atoms with Gasteiger partial charge in [-0.2, -0.15) is 0 Å². The zero-order valence-corrected chi connectivity index (χ0v) is 10.8. The van der Waals surface area contributed by atoms with E-state index in [1.165, 1.54) is 12.1 Å². The van der Waals surface area contributed by atoms with Crippen molar-refractivity contribution in [1.82, 2.24) is 5.32 Å². The molecule has 98 valence electrons. The van der Waals surface area contributed by atoms with E-state index in [9.17, 15) is 4.39 Å². The quantitative estimate of drug-likeness (QED) is 0.836. The largest absolute Gasteiger partial charge is 0.496 e. The summed E-state index contributed by atoms with van der Waals surface area (Å²) in [6.45, 7) is 3.89. The molecule has 2 nitrogen and oxygen atoms in total. The van der Waals surface area contributed by atoms with Crippen molar-refractivity contribution in [3.05, 3.63) is 47.5 Å². The van der Waals surface area contributed by atoms with Crippen molar-refractivity contribution in [2.75, 3.05) is 13.2 Å². The van der Waals surface area contributed by atoms with Gasteiger partial charge >= 0.3 is 0 Å². The van der Waals surface area contributed by atoms with E-state index in [1.807, 2.05) is 12.1 Å². The van der Waals surface area contributed by atoms with Crippen LogP contribution in [0.25, 0.3) is 0 Å². The van der Waals surface area contributed by atoms with Gasteiger partial charge in [0.2, 0.25) is 0 Å². The predicted octanol–water partition coefficient (Wildman–Crippen LogP) is 3.04. The molecule has 0 bridgehead atoms. The van der Waals surface area contributed by atoms with Crippen molar-refractivity contribution in [3.63, 3.8) is 0 Å². The lowest BCUT2D eigenvalue weighted by Gasteiger charge is -2.19. The molecule has 0 saturated carbocycles. The summed E-state index contributed by atoms with van der Waals surface area (Å²) in [6, 6.07) is 6.90. The second-order valence-electron chi connectivity index (χ2n) is 4.58. The number of halogens is 1. The maximum atomic E-state index is 12.9. The van der Waals surface area contributed by atoms with Crippen LogP contribution in [0.1, 0.15) is 25.3 Å². The van der Waals surface area contributed by atoms with Crippen LogP contribution in [0.4, 0.5) is 4.39 Å². The molecule has 0 aliphatic carbocycles. The Morgan fingerprint density at radius 3 is 2.72 bits per heavy atom. The SMILES string of the molecule is CCCNC(Cc1ccc(F)cc1)C1=CCCO1. The molecule has 0 amide bonds. The topological polar surface area (TPSA) is 21.3 Å². The predicted molar refractivity (Wildman–Crippen MR) is 70.8 cm³/mol. The minimum atomic E-state index is -0.187. The molecule has 1 aliphatic heterocycles. The molecular weight excluding hydrogens is 229 g/mol. The Bertz CT molecular complexity index is 399. The third kappa shape index (κ3) is 3.57. The number of nitrogens with one attached hydrogen (secondary N) is 1. The first kappa shape index (κ1) is 13.1. The van der Waals surface area contributed by atoms with Gasteiger partial charge in [0, 0.05) is 6.42 Å². The van der Waals surface area contributed by atoms with Gasteiger partial charge in [-0.1, -0.05) is 19.1 Å². The van der Waals surface area contributed by atoms with E-state index in [2.05, 4.69) is 18.3 Å². The zero-order chi connectivity index (χ0) is 12.8. The van der Waals surface area contributed by atoms with Crippen LogP contribution in [-0.2, 0) is 11.2 Å². The first-order chi connectivity index (χ1) is 8.79. The third-order valence-electron chi connectivity index (χ3n) is 3.07. The molecule has 0 aromatic heterocycles. The van der Waals surface area contributed by atoms with Gasteiger partial charge in [-0.25, -0.2) is 4.39 Å². The van der Waals surface area contributed by atoms with E-state index in [1.54, 1.807) is 0 Å². The average Bonchev–Trinajstić information content (AvgIpc) is 2.90. The second kappa shape index (κ2) is 6.55. The fourth-order valence-electron chi connectivity index (χ4n) is 2.13. The fourth-order valence-corrected chi connectivity index (χ4v) is 2.13. The molecule has 1 aliphatic rings. The molecule has 0 saturated heterocycles. The minimum Gasteiger partial charge on any atom is -0.496 e. The lowest BCUT2D eigenvalue weighted by molar-refractivity contribution is 0.214. The highest BCUT2D eigenvalue weighted by Gasteiger charge is 2.18. The highest BCUT2D eigenvalue weighted by molar-refractivity contribution is 5.20. The van der Waals surface area contributed by atoms with Crippen LogP contribution >= 0.6 is 0 Å². The summed E-state index contributed by atoms with van der Waals surface area (Å²) in [6.07, 6.45) is 5.07. The second-order valence-corrected chi connectivity index (χ2v) is 4.58. The lowest BCUT2D eigenvalue weighted by Crippen LogP contribution is -2.33. The average molecular weight is 249 g/mol. The van der Waals surface area contributed by atoms with Crippen LogP contribution in [-0.4, -0.2) is 19.2 Å². The van der Waals surface area contributed by atoms with E-state index in [0.717, 1.165) is 43.7 Å². The van der Waals surface area contributed by atoms with Gasteiger partial charge < -0.3 is 10.1 Å². The Morgan fingerprint density at radius 1 is 1.33 bits per heavy atom. The third-order valence-corrected chi connectivity index (χ3v) is 3.07. The van der Waals surface area contributed by atoms with Gasteiger partial charge in [0.1, 0.15) is 11.6 Å². The van der Waals surface area contributed by atoms with E-state index >= 15 is 0 Å². The molecule has 1 unspecified atom stereocenters. The summed E-state index contributed by atoms with van der Waals surface area (Å²) in [5.41, 5.74) is 1.13. The normalized spacial score (nSPS) is 16.2. The summed E-state index contributed by atoms with van der Waals surface area (Å²) in [5, 5.41) is 3.49. The van der Waals surface area contributed by atoms with Crippen molar-refractivity contribution >= 4 is 0 Å². The number of benzene rings is 1. The highest BCUT2D eigenvalue weighted by Crippen LogP contribution is 2.17. The first-order valence-corrected chi connectivity index (χ1v) is 6.60. The van der Waals surface area contributed by atoms with E-state index in [0.29, 0.717) is 0 Å². The standard InChI is InChI=1S/C15H20FNO/c1-2-9-17-14(15-4-3-10-18-15)11-12-5-7-13(16)8-6-12/h4-8,14,17H,2-3,9-11H2,1H3. The number of rotatable bonds is 6. The zero-order valence-electron chi connectivity index (χ0n) is 10.8. The molecule has 1 N–H and O–H groups in total. The molecule has 0 radical (unpaired) electrons. The molecular formula is C15H20FNO. The van der Waals surface area contributed by atoms with Crippen LogP contribution in [0.2, 0.25) is 0 Å². The Balaban J connectivity index is 2.01. The molecule has 3 heteroatoms. The van der Waals surface area contributed by atoms with Crippen LogP contribution in [0.5, 0.6) is 0 Å². The number of ether oxygens (including phenoxy) is 1. The maximum absolute atomic E-state index is 12.9.